The largest absolute Gasteiger partial charge is 0.534 e. The van der Waals surface area contributed by atoms with Crippen molar-refractivity contribution in [1.29, 1.82) is 0 Å². The molecule has 0 radical (unpaired) electrons. The van der Waals surface area contributed by atoms with E-state index in [0.717, 1.165) is 16.3 Å². The molecule has 3 nitrogen and oxygen atoms in total. The SMILES string of the molecule is O=S(=O)(OC=CCc1ccc2ccccc2c1)C(F)(F)F. The van der Waals surface area contributed by atoms with Gasteiger partial charge >= 0.3 is 15.6 Å². The van der Waals surface area contributed by atoms with E-state index in [9.17, 15) is 21.6 Å². The maximum Gasteiger partial charge on any atom is 0.534 e. The Hall–Kier alpha value is -2.02. The molecule has 21 heavy (non-hydrogen) atoms. The zero-order valence-electron chi connectivity index (χ0n) is 10.7. The molecule has 0 aliphatic heterocycles. The normalized spacial score (nSPS) is 12.9. The van der Waals surface area contributed by atoms with Crippen LogP contribution in [-0.2, 0) is 20.7 Å². The van der Waals surface area contributed by atoms with Gasteiger partial charge in [-0.05, 0) is 28.8 Å². The highest BCUT2D eigenvalue weighted by Crippen LogP contribution is 2.24. The first-order valence-electron chi connectivity index (χ1n) is 5.92. The standard InChI is InChI=1S/C14H11F3O3S/c15-14(16,17)21(18,19)20-9-3-4-11-7-8-12-5-1-2-6-13(12)10-11/h1-3,5-10H,4H2. The van der Waals surface area contributed by atoms with Crippen LogP contribution in [0.3, 0.4) is 0 Å². The molecular weight excluding hydrogens is 305 g/mol. The molecule has 0 atom stereocenters. The zero-order chi connectivity index (χ0) is 15.5. The molecule has 0 spiro atoms. The van der Waals surface area contributed by atoms with Crippen LogP contribution in [0, 0.1) is 0 Å². The number of allylic oxidation sites excluding steroid dienone is 1. The van der Waals surface area contributed by atoms with Crippen LogP contribution in [0.5, 0.6) is 0 Å². The highest BCUT2D eigenvalue weighted by Gasteiger charge is 2.47. The van der Waals surface area contributed by atoms with Crippen LogP contribution in [0.25, 0.3) is 10.8 Å². The summed E-state index contributed by atoms with van der Waals surface area (Å²) in [5.41, 5.74) is -4.58. The van der Waals surface area contributed by atoms with Gasteiger partial charge < -0.3 is 4.18 Å². The molecule has 0 aliphatic carbocycles. The van der Waals surface area contributed by atoms with Gasteiger partial charge in [-0.2, -0.15) is 21.6 Å². The maximum atomic E-state index is 12.0. The smallest absolute Gasteiger partial charge is 0.384 e. The van der Waals surface area contributed by atoms with Crippen LogP contribution >= 0.6 is 0 Å². The number of hydrogen-bond donors (Lipinski definition) is 0. The van der Waals surface area contributed by atoms with Gasteiger partial charge in [-0.25, -0.2) is 0 Å². The summed E-state index contributed by atoms with van der Waals surface area (Å²) in [5.74, 6) is 0. The number of fused-ring (bicyclic) bond motifs is 1. The summed E-state index contributed by atoms with van der Waals surface area (Å²) in [5, 5.41) is 2.04. The van der Waals surface area contributed by atoms with Gasteiger partial charge in [0.1, 0.15) is 6.26 Å². The molecule has 0 heterocycles. The van der Waals surface area contributed by atoms with Crippen molar-refractivity contribution in [2.45, 2.75) is 11.9 Å². The van der Waals surface area contributed by atoms with Crippen molar-refractivity contribution in [3.8, 4) is 0 Å². The number of rotatable bonds is 4. The summed E-state index contributed by atoms with van der Waals surface area (Å²) in [6, 6.07) is 13.2. The molecule has 0 unspecified atom stereocenters. The van der Waals surface area contributed by atoms with E-state index >= 15 is 0 Å². The second-order valence-corrected chi connectivity index (χ2v) is 5.82. The molecule has 0 amide bonds. The summed E-state index contributed by atoms with van der Waals surface area (Å²) in [4.78, 5) is 0. The Morgan fingerprint density at radius 2 is 1.71 bits per heavy atom. The van der Waals surface area contributed by atoms with Gasteiger partial charge in [-0.1, -0.05) is 42.5 Å². The molecule has 0 fully saturated rings. The first kappa shape index (κ1) is 15.4. The van der Waals surface area contributed by atoms with Gasteiger partial charge in [0.05, 0.1) is 0 Å². The van der Waals surface area contributed by atoms with Crippen molar-refractivity contribution in [3.63, 3.8) is 0 Å². The van der Waals surface area contributed by atoms with E-state index in [1.165, 1.54) is 6.08 Å². The fourth-order valence-electron chi connectivity index (χ4n) is 1.72. The van der Waals surface area contributed by atoms with Gasteiger partial charge in [-0.15, -0.1) is 0 Å². The van der Waals surface area contributed by atoms with Crippen LogP contribution in [0.2, 0.25) is 0 Å². The second kappa shape index (κ2) is 5.77. The van der Waals surface area contributed by atoms with Crippen molar-refractivity contribution >= 4 is 20.9 Å². The Labute approximate surface area is 119 Å². The Morgan fingerprint density at radius 3 is 2.38 bits per heavy atom. The average Bonchev–Trinajstić information content (AvgIpc) is 2.42. The summed E-state index contributed by atoms with van der Waals surface area (Å²) < 4.78 is 61.1. The molecule has 2 aromatic rings. The van der Waals surface area contributed by atoms with Crippen molar-refractivity contribution in [1.82, 2.24) is 0 Å². The average molecular weight is 316 g/mol. The lowest BCUT2D eigenvalue weighted by molar-refractivity contribution is -0.0515. The molecule has 0 saturated heterocycles. The molecule has 0 N–H and O–H groups in total. The van der Waals surface area contributed by atoms with E-state index in [1.807, 2.05) is 42.5 Å². The second-order valence-electron chi connectivity index (χ2n) is 4.25. The van der Waals surface area contributed by atoms with Crippen molar-refractivity contribution in [2.24, 2.45) is 0 Å². The lowest BCUT2D eigenvalue weighted by Crippen LogP contribution is -2.23. The summed E-state index contributed by atoms with van der Waals surface area (Å²) in [6.45, 7) is 0. The first-order valence-corrected chi connectivity index (χ1v) is 7.33. The van der Waals surface area contributed by atoms with Gasteiger partial charge in [-0.3, -0.25) is 0 Å². The van der Waals surface area contributed by atoms with E-state index < -0.39 is 15.6 Å². The lowest BCUT2D eigenvalue weighted by Gasteiger charge is -2.05. The number of benzene rings is 2. The highest BCUT2D eigenvalue weighted by atomic mass is 32.2. The van der Waals surface area contributed by atoms with E-state index in [2.05, 4.69) is 4.18 Å². The molecule has 2 aromatic carbocycles. The lowest BCUT2D eigenvalue weighted by atomic mass is 10.1. The van der Waals surface area contributed by atoms with E-state index in [0.29, 0.717) is 6.26 Å². The topological polar surface area (TPSA) is 43.4 Å². The molecule has 0 bridgehead atoms. The molecule has 7 heteroatoms. The van der Waals surface area contributed by atoms with Gasteiger partial charge in [0.15, 0.2) is 0 Å². The predicted molar refractivity (Wildman–Crippen MR) is 72.9 cm³/mol. The van der Waals surface area contributed by atoms with Crippen LogP contribution in [0.1, 0.15) is 5.56 Å². The van der Waals surface area contributed by atoms with Crippen molar-refractivity contribution in [3.05, 3.63) is 60.4 Å². The van der Waals surface area contributed by atoms with E-state index in [4.69, 9.17) is 0 Å². The Balaban J connectivity index is 2.03. The van der Waals surface area contributed by atoms with Gasteiger partial charge in [0.25, 0.3) is 0 Å². The third kappa shape index (κ3) is 3.75. The van der Waals surface area contributed by atoms with Crippen LogP contribution in [0.4, 0.5) is 13.2 Å². The number of hydrogen-bond acceptors (Lipinski definition) is 3. The van der Waals surface area contributed by atoms with Gasteiger partial charge in [0, 0.05) is 0 Å². The molecular formula is C14H11F3O3S. The summed E-state index contributed by atoms with van der Waals surface area (Å²) in [6.07, 6.45) is 2.02. The van der Waals surface area contributed by atoms with E-state index in [-0.39, 0.29) is 6.42 Å². The Bertz CT molecular complexity index is 764. The maximum absolute atomic E-state index is 12.0. The predicted octanol–water partition coefficient (Wildman–Crippen LogP) is 3.76. The summed E-state index contributed by atoms with van der Waals surface area (Å²) >= 11 is 0. The van der Waals surface area contributed by atoms with Crippen LogP contribution < -0.4 is 0 Å². The highest BCUT2D eigenvalue weighted by molar-refractivity contribution is 7.87. The fourth-order valence-corrected chi connectivity index (χ4v) is 2.05. The Kier molecular flexibility index (Phi) is 4.22. The zero-order valence-corrected chi connectivity index (χ0v) is 11.5. The molecule has 0 saturated carbocycles. The molecule has 0 aromatic heterocycles. The third-order valence-corrected chi connectivity index (χ3v) is 3.66. The minimum Gasteiger partial charge on any atom is -0.384 e. The minimum atomic E-state index is -5.57. The van der Waals surface area contributed by atoms with Crippen LogP contribution in [0.15, 0.2) is 54.8 Å². The van der Waals surface area contributed by atoms with Crippen LogP contribution in [-0.4, -0.2) is 13.9 Å². The van der Waals surface area contributed by atoms with Gasteiger partial charge in [0.2, 0.25) is 0 Å². The fraction of sp³-hybridized carbons (Fsp3) is 0.143. The monoisotopic (exact) mass is 316 g/mol. The third-order valence-electron chi connectivity index (χ3n) is 2.73. The summed E-state index contributed by atoms with van der Waals surface area (Å²) in [7, 11) is -5.57. The Morgan fingerprint density at radius 1 is 1.05 bits per heavy atom. The first-order chi connectivity index (χ1) is 9.79. The molecule has 0 aliphatic rings. The molecule has 112 valence electrons. The molecule has 2 rings (SSSR count). The number of halogens is 3. The number of alkyl halides is 3. The quantitative estimate of drug-likeness (QED) is 0.490. The van der Waals surface area contributed by atoms with Crippen molar-refractivity contribution in [2.75, 3.05) is 0 Å². The van der Waals surface area contributed by atoms with Crippen molar-refractivity contribution < 1.29 is 25.8 Å². The van der Waals surface area contributed by atoms with E-state index in [1.54, 1.807) is 0 Å². The minimum absolute atomic E-state index is 0.262.